The highest BCUT2D eigenvalue weighted by Crippen LogP contribution is 2.10. The van der Waals surface area contributed by atoms with Gasteiger partial charge in [-0.05, 0) is 18.8 Å². The number of nitrogens with zero attached hydrogens (tertiary/aromatic N) is 1. The number of likely N-dealkylation sites (N-methyl/N-ethyl adjacent to an activating group) is 1. The van der Waals surface area contributed by atoms with Gasteiger partial charge in [-0.1, -0.05) is 34.6 Å². The summed E-state index contributed by atoms with van der Waals surface area (Å²) in [6, 6.07) is -1.19. The summed E-state index contributed by atoms with van der Waals surface area (Å²) in [5.74, 6) is -3.73. The van der Waals surface area contributed by atoms with E-state index in [9.17, 15) is 24.0 Å². The molecule has 14 nitrogen and oxygen atoms in total. The minimum absolute atomic E-state index is 0.153. The molecule has 0 rings (SSSR count). The molecule has 14 heteroatoms. The fourth-order valence-corrected chi connectivity index (χ4v) is 2.92. The van der Waals surface area contributed by atoms with E-state index in [0.29, 0.717) is 19.1 Å². The summed E-state index contributed by atoms with van der Waals surface area (Å²) in [4.78, 5) is 62.5. The highest BCUT2D eigenvalue weighted by Gasteiger charge is 2.34. The van der Waals surface area contributed by atoms with E-state index in [1.54, 1.807) is 13.8 Å². The van der Waals surface area contributed by atoms with Crippen LogP contribution in [0.1, 0.15) is 41.5 Å². The fraction of sp³-hybridized carbons (Fsp3) is 0.783. The number of carbonyl (C=O) groups excluding carboxylic acids is 5. The third-order valence-corrected chi connectivity index (χ3v) is 5.08. The third-order valence-electron chi connectivity index (χ3n) is 5.08. The molecular formula is C23H45N7O7. The summed E-state index contributed by atoms with van der Waals surface area (Å²) in [7, 11) is 1.34. The molecule has 0 aromatic rings. The van der Waals surface area contributed by atoms with Crippen LogP contribution in [0.2, 0.25) is 0 Å². The van der Waals surface area contributed by atoms with E-state index < -0.39 is 66.5 Å². The van der Waals surface area contributed by atoms with Crippen LogP contribution < -0.4 is 33.2 Å². The van der Waals surface area contributed by atoms with Crippen LogP contribution in [0.4, 0.5) is 0 Å². The lowest BCUT2D eigenvalue weighted by Gasteiger charge is -2.32. The Morgan fingerprint density at radius 1 is 0.784 bits per heavy atom. The maximum absolute atomic E-state index is 12.8. The molecule has 0 fully saturated rings. The van der Waals surface area contributed by atoms with Crippen molar-refractivity contribution in [3.05, 3.63) is 0 Å². The van der Waals surface area contributed by atoms with Gasteiger partial charge in [0.15, 0.2) is 12.3 Å². The molecule has 1 unspecified atom stereocenters. The molecule has 37 heavy (non-hydrogen) atoms. The van der Waals surface area contributed by atoms with Crippen molar-refractivity contribution in [3.63, 3.8) is 0 Å². The molecule has 0 saturated heterocycles. The minimum Gasteiger partial charge on any atom is -0.380 e. The number of carbonyl (C=O) groups is 5. The highest BCUT2D eigenvalue weighted by molar-refractivity contribution is 5.94. The first-order valence-electron chi connectivity index (χ1n) is 12.2. The highest BCUT2D eigenvalue weighted by atomic mass is 16.5. The first-order chi connectivity index (χ1) is 17.1. The first-order valence-corrected chi connectivity index (χ1v) is 12.2. The number of rotatable bonds is 17. The largest absolute Gasteiger partial charge is 0.380 e. The second-order valence-electron chi connectivity index (χ2n) is 9.81. The molecular weight excluding hydrogens is 486 g/mol. The molecule has 0 bridgehead atoms. The van der Waals surface area contributed by atoms with E-state index in [0.717, 1.165) is 4.90 Å². The van der Waals surface area contributed by atoms with E-state index in [4.69, 9.17) is 26.7 Å². The minimum atomic E-state index is -1.46. The number of primary amides is 1. The van der Waals surface area contributed by atoms with Crippen LogP contribution in [-0.4, -0.2) is 92.3 Å². The van der Waals surface area contributed by atoms with Gasteiger partial charge in [0, 0.05) is 20.3 Å². The van der Waals surface area contributed by atoms with E-state index in [-0.39, 0.29) is 12.5 Å². The summed E-state index contributed by atoms with van der Waals surface area (Å²) in [6.07, 6.45) is -3.65. The van der Waals surface area contributed by atoms with E-state index in [1.807, 2.05) is 27.7 Å². The summed E-state index contributed by atoms with van der Waals surface area (Å²) < 4.78 is 11.1. The van der Waals surface area contributed by atoms with Crippen molar-refractivity contribution < 1.29 is 33.4 Å². The molecule has 0 spiro atoms. The van der Waals surface area contributed by atoms with Crippen molar-refractivity contribution >= 4 is 29.5 Å². The lowest BCUT2D eigenvalue weighted by molar-refractivity contribution is -0.145. The van der Waals surface area contributed by atoms with Crippen LogP contribution in [0.25, 0.3) is 0 Å². The Balaban J connectivity index is 5.09. The summed E-state index contributed by atoms with van der Waals surface area (Å²) in [6.45, 7) is 11.5. The average Bonchev–Trinajstić information content (AvgIpc) is 2.80. The second-order valence-corrected chi connectivity index (χ2v) is 9.81. The number of ether oxygens (including phenoxy) is 2. The molecule has 0 aliphatic rings. The Bertz CT molecular complexity index is 779. The Morgan fingerprint density at radius 3 is 1.84 bits per heavy atom. The SMILES string of the molecule is CC(C)COC[C@@H](C)C(=O)N[C@H](N)C(=O)NCC(=O)N(C)[C@H](C(=O)N[C@@H](N)C(N)=O)C(C)OCC(C)C. The zero-order valence-corrected chi connectivity index (χ0v) is 22.9. The monoisotopic (exact) mass is 531 g/mol. The summed E-state index contributed by atoms with van der Waals surface area (Å²) in [5.41, 5.74) is 16.4. The van der Waals surface area contributed by atoms with Crippen molar-refractivity contribution in [3.8, 4) is 0 Å². The number of nitrogens with one attached hydrogen (secondary N) is 3. The molecule has 9 N–H and O–H groups in total. The zero-order chi connectivity index (χ0) is 28.9. The number of nitrogens with two attached hydrogens (primary N) is 3. The maximum Gasteiger partial charge on any atom is 0.257 e. The normalized spacial score (nSPS) is 15.3. The Hall–Kier alpha value is -2.81. The van der Waals surface area contributed by atoms with E-state index in [2.05, 4.69) is 16.0 Å². The predicted octanol–water partition coefficient (Wildman–Crippen LogP) is -2.41. The lowest BCUT2D eigenvalue weighted by atomic mass is 10.1. The van der Waals surface area contributed by atoms with Crippen molar-refractivity contribution in [2.24, 2.45) is 35.0 Å². The molecule has 0 aliphatic heterocycles. The van der Waals surface area contributed by atoms with Crippen LogP contribution in [0.5, 0.6) is 0 Å². The van der Waals surface area contributed by atoms with Crippen LogP contribution >= 0.6 is 0 Å². The Labute approximate surface area is 218 Å². The van der Waals surface area contributed by atoms with Crippen LogP contribution in [0.15, 0.2) is 0 Å². The van der Waals surface area contributed by atoms with Crippen LogP contribution in [-0.2, 0) is 33.4 Å². The maximum atomic E-state index is 12.8. The van der Waals surface area contributed by atoms with Crippen LogP contribution in [0, 0.1) is 17.8 Å². The van der Waals surface area contributed by atoms with Gasteiger partial charge in [0.25, 0.3) is 11.8 Å². The van der Waals surface area contributed by atoms with Crippen molar-refractivity contribution in [1.29, 1.82) is 0 Å². The Morgan fingerprint density at radius 2 is 1.32 bits per heavy atom. The number of hydrogen-bond acceptors (Lipinski definition) is 9. The van der Waals surface area contributed by atoms with Gasteiger partial charge in [-0.3, -0.25) is 24.0 Å². The van der Waals surface area contributed by atoms with Gasteiger partial charge < -0.3 is 47.5 Å². The van der Waals surface area contributed by atoms with Gasteiger partial charge >= 0.3 is 0 Å². The van der Waals surface area contributed by atoms with Gasteiger partial charge in [0.05, 0.1) is 25.2 Å². The molecule has 0 aromatic carbocycles. The molecule has 0 saturated carbocycles. The lowest BCUT2D eigenvalue weighted by Crippen LogP contribution is -2.61. The third kappa shape index (κ3) is 13.3. The molecule has 0 radical (unpaired) electrons. The second kappa shape index (κ2) is 16.8. The van der Waals surface area contributed by atoms with Crippen LogP contribution in [0.3, 0.4) is 0 Å². The quantitative estimate of drug-likeness (QED) is 0.110. The number of hydrogen-bond donors (Lipinski definition) is 6. The van der Waals surface area contributed by atoms with Gasteiger partial charge in [0.1, 0.15) is 6.04 Å². The summed E-state index contributed by atoms with van der Waals surface area (Å²) in [5, 5.41) is 6.95. The van der Waals surface area contributed by atoms with Gasteiger partial charge in [-0.15, -0.1) is 0 Å². The van der Waals surface area contributed by atoms with Crippen molar-refractivity contribution in [1.82, 2.24) is 20.9 Å². The van der Waals surface area contributed by atoms with E-state index in [1.165, 1.54) is 7.05 Å². The molecule has 5 atom stereocenters. The van der Waals surface area contributed by atoms with Crippen molar-refractivity contribution in [2.45, 2.75) is 66.0 Å². The predicted molar refractivity (Wildman–Crippen MR) is 136 cm³/mol. The summed E-state index contributed by atoms with van der Waals surface area (Å²) >= 11 is 0. The van der Waals surface area contributed by atoms with Gasteiger partial charge in [0.2, 0.25) is 17.7 Å². The molecule has 5 amide bonds. The first kappa shape index (κ1) is 34.2. The molecule has 0 aliphatic carbocycles. The molecule has 0 heterocycles. The molecule has 214 valence electrons. The van der Waals surface area contributed by atoms with Gasteiger partial charge in [-0.25, -0.2) is 0 Å². The zero-order valence-electron chi connectivity index (χ0n) is 22.9. The Kier molecular flexibility index (Phi) is 15.6. The van der Waals surface area contributed by atoms with E-state index >= 15 is 0 Å². The van der Waals surface area contributed by atoms with Gasteiger partial charge in [-0.2, -0.15) is 0 Å². The fourth-order valence-electron chi connectivity index (χ4n) is 2.92. The molecule has 0 aromatic heterocycles. The number of amides is 5. The van der Waals surface area contributed by atoms with Crippen molar-refractivity contribution in [2.75, 3.05) is 33.4 Å². The topological polar surface area (TPSA) is 221 Å². The standard InChI is InChI=1S/C23H45N7O7/c1-12(2)9-36-11-14(5)21(33)29-19(25)23(35)27-8-16(31)30(7)17(15(6)37-10-13(3)4)22(34)28-18(24)20(26)32/h12-15,17-19H,8-11,24-25H2,1-7H3,(H2,26,32)(H,27,35)(H,28,34)(H,29,33)/t14-,15?,17+,18-,19+/m1/s1. The smallest absolute Gasteiger partial charge is 0.257 e. The average molecular weight is 532 g/mol.